The van der Waals surface area contributed by atoms with Crippen LogP contribution in [0.4, 0.5) is 11.5 Å². The van der Waals surface area contributed by atoms with Gasteiger partial charge in [-0.15, -0.1) is 0 Å². The van der Waals surface area contributed by atoms with Gasteiger partial charge in [-0.05, 0) is 50.1 Å². The molecule has 0 saturated carbocycles. The number of rotatable bonds is 4. The van der Waals surface area contributed by atoms with Crippen LogP contribution in [-0.2, 0) is 4.79 Å². The molecule has 0 bridgehead atoms. The molecule has 0 aliphatic rings. The maximum Gasteiger partial charge on any atom is 0.247 e. The molecule has 110 valence electrons. The summed E-state index contributed by atoms with van der Waals surface area (Å²) in [6.45, 7) is 5.89. The molecule has 5 heteroatoms. The van der Waals surface area contributed by atoms with E-state index in [0.29, 0.717) is 10.8 Å². The number of nitrogens with one attached hydrogen (secondary N) is 2. The molecular weight excluding hydrogens is 286 g/mol. The van der Waals surface area contributed by atoms with Gasteiger partial charge in [0.25, 0.3) is 0 Å². The zero-order valence-corrected chi connectivity index (χ0v) is 13.0. The second kappa shape index (κ2) is 6.59. The molecular formula is C16H18ClN3O. The van der Waals surface area contributed by atoms with Crippen molar-refractivity contribution in [1.82, 2.24) is 4.98 Å². The molecule has 21 heavy (non-hydrogen) atoms. The molecule has 0 aliphatic heterocycles. The van der Waals surface area contributed by atoms with E-state index in [1.807, 2.05) is 39.0 Å². The van der Waals surface area contributed by atoms with E-state index in [0.717, 1.165) is 11.3 Å². The van der Waals surface area contributed by atoms with Gasteiger partial charge in [-0.3, -0.25) is 4.79 Å². The van der Waals surface area contributed by atoms with E-state index in [1.165, 1.54) is 11.8 Å². The number of pyridine rings is 1. The Morgan fingerprint density at radius 1 is 1.24 bits per heavy atom. The topological polar surface area (TPSA) is 54.0 Å². The summed E-state index contributed by atoms with van der Waals surface area (Å²) >= 11 is 5.76. The van der Waals surface area contributed by atoms with Crippen molar-refractivity contribution >= 4 is 29.0 Å². The van der Waals surface area contributed by atoms with Crippen molar-refractivity contribution < 1.29 is 4.79 Å². The highest BCUT2D eigenvalue weighted by atomic mass is 35.5. The third-order valence-electron chi connectivity index (χ3n) is 3.35. The number of aromatic nitrogens is 1. The summed E-state index contributed by atoms with van der Waals surface area (Å²) in [4.78, 5) is 16.2. The number of anilines is 2. The zero-order chi connectivity index (χ0) is 15.4. The molecule has 2 N–H and O–H groups in total. The lowest BCUT2D eigenvalue weighted by atomic mass is 10.1. The fourth-order valence-corrected chi connectivity index (χ4v) is 2.00. The summed E-state index contributed by atoms with van der Waals surface area (Å²) in [6, 6.07) is 8.96. The van der Waals surface area contributed by atoms with Gasteiger partial charge in [-0.2, -0.15) is 0 Å². The number of carbonyl (C=O) groups is 1. The van der Waals surface area contributed by atoms with Gasteiger partial charge >= 0.3 is 0 Å². The molecule has 2 rings (SSSR count). The fourth-order valence-electron chi connectivity index (χ4n) is 1.89. The van der Waals surface area contributed by atoms with Crippen LogP contribution in [-0.4, -0.2) is 16.9 Å². The lowest BCUT2D eigenvalue weighted by molar-refractivity contribution is -0.116. The Hall–Kier alpha value is -2.07. The van der Waals surface area contributed by atoms with Crippen molar-refractivity contribution in [2.45, 2.75) is 26.8 Å². The van der Waals surface area contributed by atoms with E-state index < -0.39 is 0 Å². The van der Waals surface area contributed by atoms with Crippen LogP contribution in [0.1, 0.15) is 18.1 Å². The summed E-state index contributed by atoms with van der Waals surface area (Å²) < 4.78 is 0. The van der Waals surface area contributed by atoms with Gasteiger partial charge in [0.1, 0.15) is 11.9 Å². The lowest BCUT2D eigenvalue weighted by Gasteiger charge is -2.17. The zero-order valence-electron chi connectivity index (χ0n) is 12.3. The molecule has 0 fully saturated rings. The van der Waals surface area contributed by atoms with Crippen LogP contribution in [0.15, 0.2) is 36.5 Å². The number of benzene rings is 1. The Kier molecular flexibility index (Phi) is 4.81. The molecule has 0 radical (unpaired) electrons. The molecule has 0 saturated heterocycles. The average Bonchev–Trinajstić information content (AvgIpc) is 2.46. The molecule has 1 aromatic heterocycles. The van der Waals surface area contributed by atoms with Gasteiger partial charge in [-0.1, -0.05) is 23.7 Å². The van der Waals surface area contributed by atoms with E-state index >= 15 is 0 Å². The maximum atomic E-state index is 12.2. The fraction of sp³-hybridized carbons (Fsp3) is 0.250. The van der Waals surface area contributed by atoms with E-state index in [9.17, 15) is 4.79 Å². The Bertz CT molecular complexity index is 640. The first-order valence-electron chi connectivity index (χ1n) is 6.72. The molecule has 1 heterocycles. The Morgan fingerprint density at radius 3 is 2.67 bits per heavy atom. The number of halogens is 1. The SMILES string of the molecule is Cc1cccc(N[C@H](C)C(=O)Nc2ccc(Cl)cn2)c1C. The van der Waals surface area contributed by atoms with Gasteiger partial charge in [0.2, 0.25) is 5.91 Å². The highest BCUT2D eigenvalue weighted by Gasteiger charge is 2.14. The maximum absolute atomic E-state index is 12.2. The summed E-state index contributed by atoms with van der Waals surface area (Å²) in [6.07, 6.45) is 1.50. The Labute approximate surface area is 129 Å². The van der Waals surface area contributed by atoms with Crippen LogP contribution in [0.25, 0.3) is 0 Å². The largest absolute Gasteiger partial charge is 0.374 e. The van der Waals surface area contributed by atoms with Crippen LogP contribution in [0, 0.1) is 13.8 Å². The first kappa shape index (κ1) is 15.3. The van der Waals surface area contributed by atoms with E-state index in [-0.39, 0.29) is 11.9 Å². The van der Waals surface area contributed by atoms with E-state index in [2.05, 4.69) is 15.6 Å². The number of nitrogens with zero attached hydrogens (tertiary/aromatic N) is 1. The number of amides is 1. The normalized spacial score (nSPS) is 11.8. The molecule has 0 aliphatic carbocycles. The average molecular weight is 304 g/mol. The third-order valence-corrected chi connectivity index (χ3v) is 3.57. The van der Waals surface area contributed by atoms with Crippen LogP contribution in [0.5, 0.6) is 0 Å². The predicted octanol–water partition coefficient (Wildman–Crippen LogP) is 3.79. The molecule has 1 atom stereocenters. The van der Waals surface area contributed by atoms with Gasteiger partial charge in [0, 0.05) is 11.9 Å². The third kappa shape index (κ3) is 3.95. The number of aryl methyl sites for hydroxylation is 1. The van der Waals surface area contributed by atoms with Crippen LogP contribution in [0.2, 0.25) is 5.02 Å². The van der Waals surface area contributed by atoms with E-state index in [1.54, 1.807) is 12.1 Å². The van der Waals surface area contributed by atoms with Gasteiger partial charge < -0.3 is 10.6 Å². The summed E-state index contributed by atoms with van der Waals surface area (Å²) in [5, 5.41) is 6.51. The van der Waals surface area contributed by atoms with Crippen LogP contribution >= 0.6 is 11.6 Å². The van der Waals surface area contributed by atoms with Crippen molar-refractivity contribution in [2.75, 3.05) is 10.6 Å². The first-order chi connectivity index (χ1) is 9.97. The van der Waals surface area contributed by atoms with Gasteiger partial charge in [-0.25, -0.2) is 4.98 Å². The van der Waals surface area contributed by atoms with Crippen molar-refractivity contribution in [3.05, 3.63) is 52.7 Å². The van der Waals surface area contributed by atoms with Crippen LogP contribution < -0.4 is 10.6 Å². The minimum Gasteiger partial charge on any atom is -0.374 e. The number of carbonyl (C=O) groups excluding carboxylic acids is 1. The smallest absolute Gasteiger partial charge is 0.247 e. The molecule has 2 aromatic rings. The molecule has 1 amide bonds. The van der Waals surface area contributed by atoms with Crippen molar-refractivity contribution in [2.24, 2.45) is 0 Å². The van der Waals surface area contributed by atoms with Crippen molar-refractivity contribution in [3.63, 3.8) is 0 Å². The Morgan fingerprint density at radius 2 is 2.00 bits per heavy atom. The van der Waals surface area contributed by atoms with E-state index in [4.69, 9.17) is 11.6 Å². The number of hydrogen-bond donors (Lipinski definition) is 2. The highest BCUT2D eigenvalue weighted by molar-refractivity contribution is 6.30. The second-order valence-electron chi connectivity index (χ2n) is 4.96. The quantitative estimate of drug-likeness (QED) is 0.903. The second-order valence-corrected chi connectivity index (χ2v) is 5.40. The summed E-state index contributed by atoms with van der Waals surface area (Å²) in [5.74, 6) is 0.338. The lowest BCUT2D eigenvalue weighted by Crippen LogP contribution is -2.32. The van der Waals surface area contributed by atoms with Gasteiger partial charge in [0.05, 0.1) is 5.02 Å². The van der Waals surface area contributed by atoms with Gasteiger partial charge in [0.15, 0.2) is 0 Å². The standard InChI is InChI=1S/C16H18ClN3O/c1-10-5-4-6-14(11(10)2)19-12(3)16(21)20-15-8-7-13(17)9-18-15/h4-9,12,19H,1-3H3,(H,18,20,21)/t12-/m1/s1. The van der Waals surface area contributed by atoms with Crippen molar-refractivity contribution in [3.8, 4) is 0 Å². The molecule has 1 aromatic carbocycles. The monoisotopic (exact) mass is 303 g/mol. The minimum absolute atomic E-state index is 0.147. The van der Waals surface area contributed by atoms with Crippen molar-refractivity contribution in [1.29, 1.82) is 0 Å². The predicted molar refractivity (Wildman–Crippen MR) is 86.9 cm³/mol. The Balaban J connectivity index is 2.02. The van der Waals surface area contributed by atoms with Crippen LogP contribution in [0.3, 0.4) is 0 Å². The first-order valence-corrected chi connectivity index (χ1v) is 7.10. The molecule has 0 unspecified atom stereocenters. The summed E-state index contributed by atoms with van der Waals surface area (Å²) in [5.41, 5.74) is 3.29. The highest BCUT2D eigenvalue weighted by Crippen LogP contribution is 2.19. The minimum atomic E-state index is -0.372. The number of hydrogen-bond acceptors (Lipinski definition) is 3. The summed E-state index contributed by atoms with van der Waals surface area (Å²) in [7, 11) is 0. The molecule has 4 nitrogen and oxygen atoms in total. The molecule has 0 spiro atoms.